The summed E-state index contributed by atoms with van der Waals surface area (Å²) in [7, 11) is 1.66. The van der Waals surface area contributed by atoms with Gasteiger partial charge in [-0.2, -0.15) is 0 Å². The van der Waals surface area contributed by atoms with Gasteiger partial charge in [0.2, 0.25) is 0 Å². The van der Waals surface area contributed by atoms with Crippen LogP contribution < -0.4 is 0 Å². The Kier molecular flexibility index (Phi) is 33.2. The molecule has 0 spiro atoms. The maximum atomic E-state index is 8.04. The van der Waals surface area contributed by atoms with Crippen molar-refractivity contribution in [3.8, 4) is 0 Å². The van der Waals surface area contributed by atoms with Gasteiger partial charge in [0.25, 0.3) is 0 Å². The third-order valence-corrected chi connectivity index (χ3v) is 26.7. The summed E-state index contributed by atoms with van der Waals surface area (Å²) in [4.78, 5) is 0. The minimum absolute atomic E-state index is 0.0116. The minimum atomic E-state index is -1.12. The molecule has 642 valence electrons. The molecular formula is C99H132O19. The molecule has 7 aromatic rings. The fraction of sp³-hybridized carbons (Fsp3) is 0.576. The first-order chi connectivity index (χ1) is 57.3. The monoisotopic (exact) mass is 1620 g/mol. The molecule has 6 aliphatic heterocycles. The second-order valence-electron chi connectivity index (χ2n) is 34.7. The lowest BCUT2D eigenvalue weighted by atomic mass is 9.70. The zero-order valence-electron chi connectivity index (χ0n) is 71.9. The average molecular weight is 1630 g/mol. The third kappa shape index (κ3) is 23.0. The summed E-state index contributed by atoms with van der Waals surface area (Å²) in [6.07, 6.45) is -13.0. The van der Waals surface area contributed by atoms with Gasteiger partial charge in [0.1, 0.15) is 42.7 Å². The molecule has 13 rings (SSSR count). The molecule has 6 saturated heterocycles. The fourth-order valence-corrected chi connectivity index (χ4v) is 17.8. The molecule has 0 aliphatic carbocycles. The summed E-state index contributed by atoms with van der Waals surface area (Å²) in [6, 6.07) is 71.5. The predicted octanol–water partition coefficient (Wildman–Crippen LogP) is 18.0. The molecule has 118 heavy (non-hydrogen) atoms. The molecule has 29 atom stereocenters. The maximum Gasteiger partial charge on any atom is 0.185 e. The van der Waals surface area contributed by atoms with Crippen molar-refractivity contribution in [1.82, 2.24) is 0 Å². The molecule has 0 amide bonds. The Balaban J connectivity index is 0.889. The molecule has 19 heteroatoms. The topological polar surface area (TPSA) is 175 Å². The quantitative estimate of drug-likeness (QED) is 0.0357. The SMILES string of the molecule is CCC1OC(O[C@@H]2C(O[C@@H]3C(COC4OC(COCc5ccccc5)[C@@H](C)C(C)(C)[C@@H]4OC4OC(COCc5ccccc5)[C@@H](C)[C@H](C)[C@@H]4OCc4ccccc4)OC(OC)[C@@H](C)[C@H]3OC3OC(COCc4ccccc4)[C@@H](C)[C@H](C)[C@@H]3OCc3ccccc3)OC(COCc3ccccc3)[C@@H](C)[C@@H]2C)[C@@H](OCc2ccccc2)[C@@H](C)[C@@H]1C. The van der Waals surface area contributed by atoms with Crippen LogP contribution in [0.2, 0.25) is 0 Å². The molecule has 0 saturated carbocycles. The smallest absolute Gasteiger partial charge is 0.185 e. The van der Waals surface area contributed by atoms with E-state index < -0.39 is 116 Å². The standard InChI is InChI=1S/C99H132O19/c1-15-80-63(2)67(6)87(105-55-77-45-31-20-32-46-77)94(109-80)116-90-70(9)66(5)83(60-103-53-75-41-27-18-28-42-75)112-97(90)117-91-85(114-93(100-14)71(10)86(91)115-95-88(106-56-78-47-33-21-34-48-78)68(7)64(3)81(110-95)58-101-51-73-37-23-16-24-38-73)62-108-98-92(99(12,13)72(11)84(113-98)61-104-54-76-43-29-19-30-44-76)118-96-89(107-57-79-49-35-22-36-50-79)69(8)65(4)82(111-96)59-102-52-74-39-25-17-26-40-74/h16-50,63-72,80-98H,15,51-62H2,1-14H3/t63-,64-,65-,66-,67-,68-,69-,70-,71-,72+,80?,81?,82?,83?,84?,85?,86+,87-,88-,89-,90-,91+,92+,93?,94?,95?,96?,97?,98?/m0/s1. The highest BCUT2D eigenvalue weighted by Crippen LogP contribution is 2.48. The Morgan fingerprint density at radius 2 is 0.534 bits per heavy atom. The summed E-state index contributed by atoms with van der Waals surface area (Å²) in [5.74, 6) is -1.01. The first kappa shape index (κ1) is 89.5. The molecule has 6 fully saturated rings. The molecule has 19 nitrogen and oxygen atoms in total. The van der Waals surface area contributed by atoms with E-state index in [1.54, 1.807) is 7.11 Å². The van der Waals surface area contributed by atoms with Crippen LogP contribution in [-0.4, -0.2) is 157 Å². The molecule has 0 aromatic heterocycles. The van der Waals surface area contributed by atoms with E-state index >= 15 is 0 Å². The van der Waals surface area contributed by atoms with Gasteiger partial charge in [0.05, 0.1) is 116 Å². The van der Waals surface area contributed by atoms with Crippen molar-refractivity contribution < 1.29 is 90.0 Å². The molecule has 6 heterocycles. The van der Waals surface area contributed by atoms with Crippen LogP contribution in [0, 0.1) is 64.6 Å². The van der Waals surface area contributed by atoms with Gasteiger partial charge in [0, 0.05) is 18.4 Å². The average Bonchev–Trinajstić information content (AvgIpc) is 0.759. The van der Waals surface area contributed by atoms with Crippen molar-refractivity contribution in [2.75, 3.05) is 40.1 Å². The highest BCUT2D eigenvalue weighted by molar-refractivity contribution is 5.19. The van der Waals surface area contributed by atoms with Crippen LogP contribution >= 0.6 is 0 Å². The summed E-state index contributed by atoms with van der Waals surface area (Å²) < 4.78 is 138. The summed E-state index contributed by atoms with van der Waals surface area (Å²) >= 11 is 0. The molecular weight excluding hydrogens is 1490 g/mol. The number of methoxy groups -OCH3 is 1. The van der Waals surface area contributed by atoms with Gasteiger partial charge in [-0.05, 0) is 98.6 Å². The summed E-state index contributed by atoms with van der Waals surface area (Å²) in [6.45, 7) is 32.2. The van der Waals surface area contributed by atoms with E-state index in [2.05, 4.69) is 175 Å². The Labute approximate surface area is 702 Å². The number of ether oxygens (including phenoxy) is 19. The Hall–Kier alpha value is -6.22. The van der Waals surface area contributed by atoms with E-state index in [0.29, 0.717) is 59.5 Å². The zero-order valence-corrected chi connectivity index (χ0v) is 71.9. The number of rotatable bonds is 38. The lowest BCUT2D eigenvalue weighted by Crippen LogP contribution is -2.65. The second kappa shape index (κ2) is 43.7. The summed E-state index contributed by atoms with van der Waals surface area (Å²) in [5.41, 5.74) is 6.62. The number of benzene rings is 7. The molecule has 0 radical (unpaired) electrons. The highest BCUT2D eigenvalue weighted by atomic mass is 16.8. The van der Waals surface area contributed by atoms with Crippen molar-refractivity contribution in [1.29, 1.82) is 0 Å². The zero-order chi connectivity index (χ0) is 82.7. The first-order valence-electron chi connectivity index (χ1n) is 43.5. The van der Waals surface area contributed by atoms with Gasteiger partial charge >= 0.3 is 0 Å². The minimum Gasteiger partial charge on any atom is -0.374 e. The Morgan fingerprint density at radius 1 is 0.254 bits per heavy atom. The van der Waals surface area contributed by atoms with Crippen LogP contribution in [0.15, 0.2) is 212 Å². The largest absolute Gasteiger partial charge is 0.374 e. The van der Waals surface area contributed by atoms with Crippen molar-refractivity contribution in [2.24, 2.45) is 64.6 Å². The first-order valence-corrected chi connectivity index (χ1v) is 43.5. The predicted molar refractivity (Wildman–Crippen MR) is 450 cm³/mol. The van der Waals surface area contributed by atoms with Crippen LogP contribution in [0.4, 0.5) is 0 Å². The van der Waals surface area contributed by atoms with E-state index in [4.69, 9.17) is 90.0 Å². The third-order valence-electron chi connectivity index (χ3n) is 26.7. The molecule has 0 N–H and O–H groups in total. The van der Waals surface area contributed by atoms with E-state index in [1.807, 2.05) is 127 Å². The summed E-state index contributed by atoms with van der Waals surface area (Å²) in [5, 5.41) is 0. The van der Waals surface area contributed by atoms with Gasteiger partial charge in [-0.15, -0.1) is 0 Å². The molecule has 6 aliphatic rings. The normalized spacial score (nSPS) is 35.0. The van der Waals surface area contributed by atoms with Gasteiger partial charge in [0.15, 0.2) is 37.7 Å². The molecule has 7 aromatic carbocycles. The van der Waals surface area contributed by atoms with Crippen molar-refractivity contribution in [2.45, 2.75) is 260 Å². The van der Waals surface area contributed by atoms with Crippen LogP contribution in [0.1, 0.15) is 135 Å². The lowest BCUT2D eigenvalue weighted by Gasteiger charge is -2.54. The fourth-order valence-electron chi connectivity index (χ4n) is 17.8. The number of hydrogen-bond donors (Lipinski definition) is 0. The Morgan fingerprint density at radius 3 is 0.890 bits per heavy atom. The van der Waals surface area contributed by atoms with Gasteiger partial charge in [-0.3, -0.25) is 0 Å². The van der Waals surface area contributed by atoms with Gasteiger partial charge in [-0.1, -0.05) is 302 Å². The lowest BCUT2D eigenvalue weighted by molar-refractivity contribution is -0.395. The molecule has 12 unspecified atom stereocenters. The van der Waals surface area contributed by atoms with E-state index in [9.17, 15) is 0 Å². The maximum absolute atomic E-state index is 8.04. The van der Waals surface area contributed by atoms with Crippen molar-refractivity contribution in [3.05, 3.63) is 251 Å². The van der Waals surface area contributed by atoms with E-state index in [0.717, 1.165) is 45.4 Å². The van der Waals surface area contributed by atoms with Crippen LogP contribution in [0.3, 0.4) is 0 Å². The Bertz CT molecular complexity index is 3970. The van der Waals surface area contributed by atoms with Gasteiger partial charge in [-0.25, -0.2) is 0 Å². The number of hydrogen-bond acceptors (Lipinski definition) is 19. The van der Waals surface area contributed by atoms with Crippen molar-refractivity contribution in [3.63, 3.8) is 0 Å². The van der Waals surface area contributed by atoms with Crippen LogP contribution in [0.5, 0.6) is 0 Å². The van der Waals surface area contributed by atoms with Crippen molar-refractivity contribution >= 4 is 0 Å². The van der Waals surface area contributed by atoms with Crippen LogP contribution in [0.25, 0.3) is 0 Å². The highest BCUT2D eigenvalue weighted by Gasteiger charge is 2.58. The van der Waals surface area contributed by atoms with E-state index in [1.165, 1.54) is 0 Å². The van der Waals surface area contributed by atoms with E-state index in [-0.39, 0.29) is 85.3 Å². The molecule has 0 bridgehead atoms. The van der Waals surface area contributed by atoms with Crippen LogP contribution in [-0.2, 0) is 136 Å². The van der Waals surface area contributed by atoms with Gasteiger partial charge < -0.3 is 90.0 Å². The second-order valence-corrected chi connectivity index (χ2v) is 34.7.